The summed E-state index contributed by atoms with van der Waals surface area (Å²) in [5.41, 5.74) is 1.22. The molecule has 3 aromatic rings. The molecule has 0 fully saturated rings. The van der Waals surface area contributed by atoms with Gasteiger partial charge in [-0.05, 0) is 41.3 Å². The summed E-state index contributed by atoms with van der Waals surface area (Å²) >= 11 is 1.71. The Morgan fingerprint density at radius 2 is 1.64 bits per heavy atom. The zero-order chi connectivity index (χ0) is 17.5. The third-order valence-corrected chi connectivity index (χ3v) is 5.11. The normalized spacial score (nSPS) is 12.2. The Morgan fingerprint density at radius 3 is 2.48 bits per heavy atom. The van der Waals surface area contributed by atoms with E-state index in [0.717, 1.165) is 28.7 Å². The number of hydrogen-bond acceptors (Lipinski definition) is 4. The van der Waals surface area contributed by atoms with E-state index in [9.17, 15) is 10.2 Å². The lowest BCUT2D eigenvalue weighted by atomic mass is 10.0. The Hall–Kier alpha value is -2.17. The van der Waals surface area contributed by atoms with E-state index in [-0.39, 0.29) is 0 Å². The molecule has 0 heterocycles. The molecule has 0 aliphatic heterocycles. The Labute approximate surface area is 152 Å². The Balaban J connectivity index is 1.45. The highest BCUT2D eigenvalue weighted by Gasteiger charge is 2.07. The van der Waals surface area contributed by atoms with Crippen LogP contribution in [0.1, 0.15) is 5.56 Å². The lowest BCUT2D eigenvalue weighted by Crippen LogP contribution is -2.20. The second-order valence-electron chi connectivity index (χ2n) is 5.89. The van der Waals surface area contributed by atoms with Crippen LogP contribution in [-0.4, -0.2) is 34.4 Å². The van der Waals surface area contributed by atoms with Crippen LogP contribution in [0.4, 0.5) is 0 Å². The van der Waals surface area contributed by atoms with Crippen LogP contribution in [-0.2, 0) is 6.42 Å². The lowest BCUT2D eigenvalue weighted by molar-refractivity contribution is 0.126. The van der Waals surface area contributed by atoms with Crippen molar-refractivity contribution >= 4 is 22.5 Å². The highest BCUT2D eigenvalue weighted by Crippen LogP contribution is 2.27. The number of benzene rings is 3. The second-order valence-corrected chi connectivity index (χ2v) is 7.04. The summed E-state index contributed by atoms with van der Waals surface area (Å²) in [7, 11) is 0. The zero-order valence-electron chi connectivity index (χ0n) is 14.0. The molecule has 0 aromatic heterocycles. The zero-order valence-corrected chi connectivity index (χ0v) is 14.8. The van der Waals surface area contributed by atoms with Gasteiger partial charge in [0.1, 0.15) is 18.1 Å². The monoisotopic (exact) mass is 354 g/mol. The topological polar surface area (TPSA) is 49.7 Å². The van der Waals surface area contributed by atoms with E-state index in [1.54, 1.807) is 17.8 Å². The fraction of sp³-hybridized carbons (Fsp3) is 0.238. The van der Waals surface area contributed by atoms with Crippen molar-refractivity contribution in [3.63, 3.8) is 0 Å². The first kappa shape index (κ1) is 17.6. The predicted molar refractivity (Wildman–Crippen MR) is 105 cm³/mol. The van der Waals surface area contributed by atoms with Crippen molar-refractivity contribution in [2.45, 2.75) is 12.5 Å². The number of phenolic OH excluding ortho intramolecular Hbond substituents is 1. The molecular weight excluding hydrogens is 332 g/mol. The van der Waals surface area contributed by atoms with E-state index in [2.05, 4.69) is 6.07 Å². The van der Waals surface area contributed by atoms with Crippen LogP contribution in [0.25, 0.3) is 10.8 Å². The average Bonchev–Trinajstić information content (AvgIpc) is 2.65. The van der Waals surface area contributed by atoms with Gasteiger partial charge >= 0.3 is 0 Å². The van der Waals surface area contributed by atoms with Gasteiger partial charge < -0.3 is 14.9 Å². The Kier molecular flexibility index (Phi) is 6.20. The summed E-state index contributed by atoms with van der Waals surface area (Å²) < 4.78 is 5.56. The lowest BCUT2D eigenvalue weighted by Gasteiger charge is -2.12. The molecule has 1 atom stereocenters. The number of rotatable bonds is 8. The van der Waals surface area contributed by atoms with E-state index in [1.807, 2.05) is 54.6 Å². The van der Waals surface area contributed by atoms with Gasteiger partial charge in [0.2, 0.25) is 0 Å². The number of aromatic hydroxyl groups is 1. The molecule has 0 aliphatic carbocycles. The van der Waals surface area contributed by atoms with Crippen molar-refractivity contribution < 1.29 is 14.9 Å². The van der Waals surface area contributed by atoms with Crippen LogP contribution in [0.15, 0.2) is 66.7 Å². The van der Waals surface area contributed by atoms with Crippen LogP contribution >= 0.6 is 11.8 Å². The SMILES string of the molecule is Oc1cccc2c(CCSC[C@@H](O)COc3ccccc3)cccc12. The fourth-order valence-corrected chi connectivity index (χ4v) is 3.63. The van der Waals surface area contributed by atoms with E-state index in [4.69, 9.17) is 4.74 Å². The molecule has 0 aliphatic rings. The van der Waals surface area contributed by atoms with Crippen LogP contribution in [0.2, 0.25) is 0 Å². The van der Waals surface area contributed by atoms with Gasteiger partial charge in [-0.15, -0.1) is 0 Å². The number of phenols is 1. The van der Waals surface area contributed by atoms with Gasteiger partial charge in [-0.1, -0.05) is 48.5 Å². The van der Waals surface area contributed by atoms with E-state index in [1.165, 1.54) is 5.56 Å². The van der Waals surface area contributed by atoms with Crippen molar-refractivity contribution in [1.29, 1.82) is 0 Å². The number of aliphatic hydroxyl groups is 1. The van der Waals surface area contributed by atoms with Crippen molar-refractivity contribution in [3.8, 4) is 11.5 Å². The highest BCUT2D eigenvalue weighted by atomic mass is 32.2. The van der Waals surface area contributed by atoms with Gasteiger partial charge in [0.05, 0.1) is 6.10 Å². The predicted octanol–water partition coefficient (Wildman–Crippen LogP) is 4.26. The number of aliphatic hydroxyl groups excluding tert-OH is 1. The van der Waals surface area contributed by atoms with Crippen molar-refractivity contribution in [1.82, 2.24) is 0 Å². The first-order valence-corrected chi connectivity index (χ1v) is 9.53. The maximum absolute atomic E-state index is 10.0. The molecule has 0 unspecified atom stereocenters. The number of hydrogen-bond donors (Lipinski definition) is 2. The molecule has 4 heteroatoms. The van der Waals surface area contributed by atoms with E-state index < -0.39 is 6.10 Å². The van der Waals surface area contributed by atoms with Gasteiger partial charge in [0.15, 0.2) is 0 Å². The molecule has 0 spiro atoms. The molecule has 2 N–H and O–H groups in total. The minimum atomic E-state index is -0.484. The minimum Gasteiger partial charge on any atom is -0.507 e. The molecule has 3 rings (SSSR count). The third kappa shape index (κ3) is 4.91. The quantitative estimate of drug-likeness (QED) is 0.594. The minimum absolute atomic E-state index is 0.305. The second kappa shape index (κ2) is 8.79. The molecule has 0 saturated heterocycles. The van der Waals surface area contributed by atoms with Crippen LogP contribution in [0.3, 0.4) is 0 Å². The number of ether oxygens (including phenoxy) is 1. The molecule has 130 valence electrons. The number of thioether (sulfide) groups is 1. The van der Waals surface area contributed by atoms with Gasteiger partial charge in [-0.3, -0.25) is 0 Å². The standard InChI is InChI=1S/C21H22O3S/c22-17(14-24-18-7-2-1-3-8-18)15-25-13-12-16-6-4-10-20-19(16)9-5-11-21(20)23/h1-11,17,22-23H,12-15H2/t17-/m0/s1. The first-order chi connectivity index (χ1) is 12.2. The molecule has 3 aromatic carbocycles. The molecule has 0 radical (unpaired) electrons. The van der Waals surface area contributed by atoms with E-state index >= 15 is 0 Å². The van der Waals surface area contributed by atoms with Crippen LogP contribution < -0.4 is 4.74 Å². The third-order valence-electron chi connectivity index (χ3n) is 4.00. The van der Waals surface area contributed by atoms with Crippen molar-refractivity contribution in [2.75, 3.05) is 18.1 Å². The summed E-state index contributed by atoms with van der Waals surface area (Å²) in [6.45, 7) is 0.305. The van der Waals surface area contributed by atoms with Gasteiger partial charge in [-0.2, -0.15) is 11.8 Å². The van der Waals surface area contributed by atoms with Crippen LogP contribution in [0.5, 0.6) is 11.5 Å². The summed E-state index contributed by atoms with van der Waals surface area (Å²) in [5, 5.41) is 22.0. The van der Waals surface area contributed by atoms with Crippen molar-refractivity contribution in [3.05, 3.63) is 72.3 Å². The summed E-state index contributed by atoms with van der Waals surface area (Å²) in [4.78, 5) is 0. The van der Waals surface area contributed by atoms with Gasteiger partial charge in [0, 0.05) is 11.1 Å². The Morgan fingerprint density at radius 1 is 0.880 bits per heavy atom. The molecule has 25 heavy (non-hydrogen) atoms. The Bertz CT molecular complexity index is 805. The maximum Gasteiger partial charge on any atom is 0.123 e. The number of fused-ring (bicyclic) bond motifs is 1. The van der Waals surface area contributed by atoms with Crippen molar-refractivity contribution in [2.24, 2.45) is 0 Å². The van der Waals surface area contributed by atoms with Gasteiger partial charge in [-0.25, -0.2) is 0 Å². The van der Waals surface area contributed by atoms with Crippen LogP contribution in [0, 0.1) is 0 Å². The molecule has 0 amide bonds. The van der Waals surface area contributed by atoms with E-state index in [0.29, 0.717) is 18.1 Å². The molecule has 0 bridgehead atoms. The summed E-state index contributed by atoms with van der Waals surface area (Å²) in [6, 6.07) is 21.2. The summed E-state index contributed by atoms with van der Waals surface area (Å²) in [6.07, 6.45) is 0.416. The highest BCUT2D eigenvalue weighted by molar-refractivity contribution is 7.99. The first-order valence-electron chi connectivity index (χ1n) is 8.37. The largest absolute Gasteiger partial charge is 0.507 e. The smallest absolute Gasteiger partial charge is 0.123 e. The average molecular weight is 354 g/mol. The number of aryl methyl sites for hydroxylation is 1. The molecule has 3 nitrogen and oxygen atoms in total. The number of para-hydroxylation sites is 1. The summed E-state index contributed by atoms with van der Waals surface area (Å²) in [5.74, 6) is 2.66. The molecule has 0 saturated carbocycles. The fourth-order valence-electron chi connectivity index (χ4n) is 2.74. The van der Waals surface area contributed by atoms with Gasteiger partial charge in [0.25, 0.3) is 0 Å². The molecular formula is C21H22O3S. The maximum atomic E-state index is 10.0.